The topological polar surface area (TPSA) is 70.7 Å². The number of amides is 1. The Labute approximate surface area is 174 Å². The largest absolute Gasteiger partial charge is 0.349 e. The number of aromatic amines is 1. The first-order valence-corrected chi connectivity index (χ1v) is 10.6. The summed E-state index contributed by atoms with van der Waals surface area (Å²) in [5.74, 6) is 0.673. The van der Waals surface area contributed by atoms with E-state index in [4.69, 9.17) is 0 Å². The number of rotatable bonds is 8. The minimum Gasteiger partial charge on any atom is -0.349 e. The maximum Gasteiger partial charge on any atom is 0.230 e. The molecule has 3 rings (SSSR count). The lowest BCUT2D eigenvalue weighted by molar-refractivity contribution is -0.119. The Morgan fingerprint density at radius 3 is 2.55 bits per heavy atom. The van der Waals surface area contributed by atoms with E-state index in [1.54, 1.807) is 18.2 Å². The van der Waals surface area contributed by atoms with Crippen molar-refractivity contribution >= 4 is 17.7 Å². The summed E-state index contributed by atoms with van der Waals surface area (Å²) in [4.78, 5) is 16.5. The maximum absolute atomic E-state index is 13.8. The Hall–Kier alpha value is -2.67. The number of H-pyrrole nitrogens is 1. The van der Waals surface area contributed by atoms with E-state index in [-0.39, 0.29) is 23.5 Å². The zero-order valence-corrected chi connectivity index (χ0v) is 17.6. The molecule has 0 aliphatic rings. The number of carbonyl (C=O) groups is 1. The first-order chi connectivity index (χ1) is 13.9. The normalized spacial score (nSPS) is 12.2. The van der Waals surface area contributed by atoms with Crippen LogP contribution in [0.3, 0.4) is 0 Å². The number of carbonyl (C=O) groups excluding carboxylic acids is 1. The molecule has 3 aromatic rings. The molecule has 0 aliphatic carbocycles. The summed E-state index contributed by atoms with van der Waals surface area (Å²) >= 11 is 1.21. The van der Waals surface area contributed by atoms with Crippen LogP contribution in [0.4, 0.5) is 4.39 Å². The summed E-state index contributed by atoms with van der Waals surface area (Å²) in [6.45, 7) is 6.35. The lowest BCUT2D eigenvalue weighted by atomic mass is 10.00. The van der Waals surface area contributed by atoms with Crippen molar-refractivity contribution in [3.63, 3.8) is 0 Å². The quantitative estimate of drug-likeness (QED) is 0.523. The van der Waals surface area contributed by atoms with Crippen molar-refractivity contribution in [2.24, 2.45) is 5.92 Å². The highest BCUT2D eigenvalue weighted by molar-refractivity contribution is 7.99. The third kappa shape index (κ3) is 5.90. The van der Waals surface area contributed by atoms with Gasteiger partial charge in [0.25, 0.3) is 0 Å². The fourth-order valence-electron chi connectivity index (χ4n) is 3.00. The minimum absolute atomic E-state index is 0.0858. The van der Waals surface area contributed by atoms with Gasteiger partial charge in [-0.15, -0.1) is 5.10 Å². The van der Waals surface area contributed by atoms with Crippen LogP contribution in [0.15, 0.2) is 53.7 Å². The zero-order valence-electron chi connectivity index (χ0n) is 16.8. The highest BCUT2D eigenvalue weighted by Gasteiger charge is 2.13. The number of hydrogen-bond acceptors (Lipinski definition) is 4. The van der Waals surface area contributed by atoms with Crippen LogP contribution in [0, 0.1) is 11.7 Å². The van der Waals surface area contributed by atoms with Crippen LogP contribution in [-0.4, -0.2) is 26.8 Å². The van der Waals surface area contributed by atoms with Crippen molar-refractivity contribution in [1.82, 2.24) is 20.5 Å². The van der Waals surface area contributed by atoms with Crippen molar-refractivity contribution in [2.75, 3.05) is 5.75 Å². The third-order valence-electron chi connectivity index (χ3n) is 4.43. The Kier molecular flexibility index (Phi) is 7.04. The summed E-state index contributed by atoms with van der Waals surface area (Å²) in [7, 11) is 0. The van der Waals surface area contributed by atoms with Crippen LogP contribution in [0.5, 0.6) is 0 Å². The van der Waals surface area contributed by atoms with Gasteiger partial charge in [-0.05, 0) is 42.5 Å². The Morgan fingerprint density at radius 1 is 1.14 bits per heavy atom. The zero-order chi connectivity index (χ0) is 20.8. The van der Waals surface area contributed by atoms with Crippen molar-refractivity contribution < 1.29 is 9.18 Å². The highest BCUT2D eigenvalue weighted by Crippen LogP contribution is 2.22. The fraction of sp³-hybridized carbons (Fsp3) is 0.318. The van der Waals surface area contributed by atoms with E-state index in [1.807, 2.05) is 6.92 Å². The standard InChI is InChI=1S/C22H25FN4OS/c1-14(2)12-16-8-10-17(11-9-16)15(3)24-20(28)13-29-22-25-21(26-27-22)18-6-4-5-7-19(18)23/h4-11,14-15H,12-13H2,1-3H3,(H,24,28)(H,25,26,27)/t15-/m0/s1. The summed E-state index contributed by atoms with van der Waals surface area (Å²) in [6.07, 6.45) is 1.04. The Morgan fingerprint density at radius 2 is 1.86 bits per heavy atom. The molecule has 1 aromatic heterocycles. The van der Waals surface area contributed by atoms with Crippen LogP contribution >= 0.6 is 11.8 Å². The first kappa shape index (κ1) is 21.0. The van der Waals surface area contributed by atoms with E-state index < -0.39 is 0 Å². The second-order valence-electron chi connectivity index (χ2n) is 7.36. The predicted molar refractivity (Wildman–Crippen MR) is 114 cm³/mol. The van der Waals surface area contributed by atoms with Gasteiger partial charge < -0.3 is 5.32 Å². The van der Waals surface area contributed by atoms with Gasteiger partial charge in [0.15, 0.2) is 5.82 Å². The lowest BCUT2D eigenvalue weighted by Gasteiger charge is -2.15. The van der Waals surface area contributed by atoms with Gasteiger partial charge in [0.05, 0.1) is 17.4 Å². The van der Waals surface area contributed by atoms with Gasteiger partial charge in [0.2, 0.25) is 11.1 Å². The van der Waals surface area contributed by atoms with Crippen molar-refractivity contribution in [1.29, 1.82) is 0 Å². The lowest BCUT2D eigenvalue weighted by Crippen LogP contribution is -2.28. The molecule has 1 amide bonds. The molecule has 0 fully saturated rings. The number of thioether (sulfide) groups is 1. The molecular formula is C22H25FN4OS. The fourth-order valence-corrected chi connectivity index (χ4v) is 3.60. The third-order valence-corrected chi connectivity index (χ3v) is 5.27. The molecular weight excluding hydrogens is 387 g/mol. The van der Waals surface area contributed by atoms with Crippen LogP contribution in [0.2, 0.25) is 0 Å². The summed E-state index contributed by atoms with van der Waals surface area (Å²) in [5.41, 5.74) is 2.72. The van der Waals surface area contributed by atoms with E-state index in [9.17, 15) is 9.18 Å². The van der Waals surface area contributed by atoms with Gasteiger partial charge in [-0.1, -0.05) is 62.0 Å². The van der Waals surface area contributed by atoms with Gasteiger partial charge >= 0.3 is 0 Å². The summed E-state index contributed by atoms with van der Waals surface area (Å²) in [6, 6.07) is 14.6. The maximum atomic E-state index is 13.8. The van der Waals surface area contributed by atoms with Crippen LogP contribution in [0.25, 0.3) is 11.4 Å². The summed E-state index contributed by atoms with van der Waals surface area (Å²) in [5, 5.41) is 10.2. The van der Waals surface area contributed by atoms with Gasteiger partial charge in [0, 0.05) is 0 Å². The summed E-state index contributed by atoms with van der Waals surface area (Å²) < 4.78 is 13.8. The van der Waals surface area contributed by atoms with E-state index in [1.165, 1.54) is 23.4 Å². The van der Waals surface area contributed by atoms with Crippen molar-refractivity contribution in [3.05, 3.63) is 65.5 Å². The van der Waals surface area contributed by atoms with Crippen LogP contribution < -0.4 is 5.32 Å². The molecule has 1 atom stereocenters. The van der Waals surface area contributed by atoms with Gasteiger partial charge in [0.1, 0.15) is 5.82 Å². The number of aromatic nitrogens is 3. The first-order valence-electron chi connectivity index (χ1n) is 9.60. The monoisotopic (exact) mass is 412 g/mol. The molecule has 0 saturated heterocycles. The number of benzene rings is 2. The molecule has 2 aromatic carbocycles. The number of hydrogen-bond donors (Lipinski definition) is 2. The number of nitrogens with zero attached hydrogens (tertiary/aromatic N) is 2. The van der Waals surface area contributed by atoms with Gasteiger partial charge in [-0.3, -0.25) is 9.89 Å². The molecule has 0 spiro atoms. The molecule has 1 heterocycles. The molecule has 5 nitrogen and oxygen atoms in total. The Balaban J connectivity index is 1.51. The van der Waals surface area contributed by atoms with Crippen LogP contribution in [-0.2, 0) is 11.2 Å². The molecule has 7 heteroatoms. The second-order valence-corrected chi connectivity index (χ2v) is 8.31. The smallest absolute Gasteiger partial charge is 0.230 e. The molecule has 29 heavy (non-hydrogen) atoms. The van der Waals surface area contributed by atoms with E-state index in [0.29, 0.717) is 22.5 Å². The molecule has 0 aliphatic heterocycles. The SMILES string of the molecule is CC(C)Cc1ccc([C@H](C)NC(=O)CSc2n[nH]c(-c3ccccc3F)n2)cc1. The Bertz CT molecular complexity index is 955. The van der Waals surface area contributed by atoms with Crippen molar-refractivity contribution in [3.8, 4) is 11.4 Å². The van der Waals surface area contributed by atoms with E-state index in [0.717, 1.165) is 12.0 Å². The second kappa shape index (κ2) is 9.69. The van der Waals surface area contributed by atoms with E-state index >= 15 is 0 Å². The van der Waals surface area contributed by atoms with Gasteiger partial charge in [-0.25, -0.2) is 9.37 Å². The van der Waals surface area contributed by atoms with Crippen molar-refractivity contribution in [2.45, 2.75) is 38.4 Å². The van der Waals surface area contributed by atoms with E-state index in [2.05, 4.69) is 58.6 Å². The average Bonchev–Trinajstić information content (AvgIpc) is 3.15. The molecule has 0 radical (unpaired) electrons. The molecule has 0 unspecified atom stereocenters. The highest BCUT2D eigenvalue weighted by atomic mass is 32.2. The average molecular weight is 413 g/mol. The number of halogens is 1. The molecule has 0 saturated carbocycles. The number of nitrogens with one attached hydrogen (secondary N) is 2. The predicted octanol–water partition coefficient (Wildman–Crippen LogP) is 4.78. The molecule has 2 N–H and O–H groups in total. The molecule has 152 valence electrons. The molecule has 0 bridgehead atoms. The van der Waals surface area contributed by atoms with Gasteiger partial charge in [-0.2, -0.15) is 0 Å². The minimum atomic E-state index is -0.369. The van der Waals surface area contributed by atoms with Crippen LogP contribution in [0.1, 0.15) is 37.9 Å².